The van der Waals surface area contributed by atoms with E-state index in [0.29, 0.717) is 25.2 Å². The Labute approximate surface area is 112 Å². The van der Waals surface area contributed by atoms with Gasteiger partial charge in [0.25, 0.3) is 5.69 Å². The van der Waals surface area contributed by atoms with Gasteiger partial charge in [-0.2, -0.15) is 5.10 Å². The van der Waals surface area contributed by atoms with Gasteiger partial charge in [0.15, 0.2) is 5.82 Å². The van der Waals surface area contributed by atoms with Crippen molar-refractivity contribution in [2.45, 2.75) is 12.8 Å². The molecule has 0 aliphatic carbocycles. The van der Waals surface area contributed by atoms with E-state index in [0.717, 1.165) is 6.07 Å². The molecule has 1 aromatic carbocycles. The highest BCUT2D eigenvalue weighted by Gasteiger charge is 2.10. The highest BCUT2D eigenvalue weighted by Crippen LogP contribution is 2.20. The fourth-order valence-corrected chi connectivity index (χ4v) is 1.66. The SMILES string of the molecule is O=c1[nH]nc(CCCNc2ccc([N+](=O)[O-])cc2F)[nH]1. The molecule has 20 heavy (non-hydrogen) atoms. The number of H-pyrrole nitrogens is 2. The highest BCUT2D eigenvalue weighted by molar-refractivity contribution is 5.50. The summed E-state index contributed by atoms with van der Waals surface area (Å²) in [5.41, 5.74) is -0.456. The lowest BCUT2D eigenvalue weighted by atomic mass is 10.2. The second-order valence-corrected chi connectivity index (χ2v) is 4.08. The lowest BCUT2D eigenvalue weighted by molar-refractivity contribution is -0.385. The number of nitro groups is 1. The zero-order valence-corrected chi connectivity index (χ0v) is 10.4. The number of aromatic amines is 2. The molecule has 8 nitrogen and oxygen atoms in total. The summed E-state index contributed by atoms with van der Waals surface area (Å²) in [6.45, 7) is 0.448. The molecule has 2 aromatic rings. The Balaban J connectivity index is 1.85. The van der Waals surface area contributed by atoms with Crippen LogP contribution in [0.2, 0.25) is 0 Å². The number of hydrogen-bond donors (Lipinski definition) is 3. The quantitative estimate of drug-likeness (QED) is 0.417. The summed E-state index contributed by atoms with van der Waals surface area (Å²) in [4.78, 5) is 23.1. The Hall–Kier alpha value is -2.71. The van der Waals surface area contributed by atoms with Gasteiger partial charge in [-0.05, 0) is 12.5 Å². The van der Waals surface area contributed by atoms with Crippen LogP contribution < -0.4 is 11.0 Å². The molecule has 3 N–H and O–H groups in total. The topological polar surface area (TPSA) is 117 Å². The van der Waals surface area contributed by atoms with Gasteiger partial charge in [0.2, 0.25) is 0 Å². The molecule has 1 heterocycles. The van der Waals surface area contributed by atoms with Crippen molar-refractivity contribution in [2.75, 3.05) is 11.9 Å². The molecule has 1 aromatic heterocycles. The molecule has 0 aliphatic heterocycles. The molecule has 9 heteroatoms. The summed E-state index contributed by atoms with van der Waals surface area (Å²) < 4.78 is 13.5. The second kappa shape index (κ2) is 5.95. The van der Waals surface area contributed by atoms with Gasteiger partial charge < -0.3 is 5.32 Å². The van der Waals surface area contributed by atoms with Crippen LogP contribution in [0.3, 0.4) is 0 Å². The minimum atomic E-state index is -0.674. The number of aryl methyl sites for hydroxylation is 1. The zero-order valence-electron chi connectivity index (χ0n) is 10.4. The van der Waals surface area contributed by atoms with E-state index in [1.807, 2.05) is 0 Å². The first-order valence-electron chi connectivity index (χ1n) is 5.87. The van der Waals surface area contributed by atoms with Crippen molar-refractivity contribution in [1.82, 2.24) is 15.2 Å². The Bertz CT molecular complexity index is 666. The van der Waals surface area contributed by atoms with Crippen LogP contribution in [-0.4, -0.2) is 26.6 Å². The van der Waals surface area contributed by atoms with Crippen LogP contribution in [0.4, 0.5) is 15.8 Å². The third-order valence-corrected chi connectivity index (χ3v) is 2.62. The van der Waals surface area contributed by atoms with Crippen LogP contribution in [0.25, 0.3) is 0 Å². The number of nitrogens with one attached hydrogen (secondary N) is 3. The summed E-state index contributed by atoms with van der Waals surface area (Å²) in [6.07, 6.45) is 1.15. The summed E-state index contributed by atoms with van der Waals surface area (Å²) in [5.74, 6) is -0.145. The smallest absolute Gasteiger partial charge is 0.340 e. The Morgan fingerprint density at radius 1 is 1.45 bits per heavy atom. The maximum atomic E-state index is 13.5. The first-order valence-corrected chi connectivity index (χ1v) is 5.87. The molecule has 0 saturated carbocycles. The summed E-state index contributed by atoms with van der Waals surface area (Å²) in [7, 11) is 0. The standard InChI is InChI=1S/C11H12FN5O3/c12-8-6-7(17(19)20)3-4-9(8)13-5-1-2-10-14-11(18)16-15-10/h3-4,6,13H,1-2,5H2,(H2,14,15,16,18). The van der Waals surface area contributed by atoms with Crippen molar-refractivity contribution in [1.29, 1.82) is 0 Å². The van der Waals surface area contributed by atoms with Gasteiger partial charge in [0.1, 0.15) is 5.82 Å². The van der Waals surface area contributed by atoms with E-state index in [2.05, 4.69) is 20.5 Å². The lowest BCUT2D eigenvalue weighted by Gasteiger charge is -2.06. The van der Waals surface area contributed by atoms with E-state index in [1.165, 1.54) is 12.1 Å². The van der Waals surface area contributed by atoms with Crippen LogP contribution in [0.1, 0.15) is 12.2 Å². The van der Waals surface area contributed by atoms with Gasteiger partial charge in [0, 0.05) is 19.0 Å². The minimum absolute atomic E-state index is 0.200. The number of nitro benzene ring substituents is 1. The Morgan fingerprint density at radius 3 is 2.85 bits per heavy atom. The van der Waals surface area contributed by atoms with Crippen molar-refractivity contribution < 1.29 is 9.31 Å². The molecule has 0 amide bonds. The van der Waals surface area contributed by atoms with E-state index >= 15 is 0 Å². The molecule has 0 fully saturated rings. The van der Waals surface area contributed by atoms with Gasteiger partial charge in [-0.15, -0.1) is 0 Å². The number of rotatable bonds is 6. The first kappa shape index (κ1) is 13.7. The monoisotopic (exact) mass is 281 g/mol. The molecule has 0 radical (unpaired) electrons. The normalized spacial score (nSPS) is 10.4. The predicted molar refractivity (Wildman–Crippen MR) is 69.1 cm³/mol. The lowest BCUT2D eigenvalue weighted by Crippen LogP contribution is -2.06. The maximum absolute atomic E-state index is 13.5. The van der Waals surface area contributed by atoms with Crippen molar-refractivity contribution in [3.8, 4) is 0 Å². The molecule has 106 valence electrons. The molecular weight excluding hydrogens is 269 g/mol. The minimum Gasteiger partial charge on any atom is -0.383 e. The van der Waals surface area contributed by atoms with Crippen molar-refractivity contribution >= 4 is 11.4 Å². The van der Waals surface area contributed by atoms with E-state index < -0.39 is 10.7 Å². The van der Waals surface area contributed by atoms with Crippen LogP contribution in [0, 0.1) is 15.9 Å². The molecule has 0 bridgehead atoms. The summed E-state index contributed by atoms with van der Waals surface area (Å²) in [6, 6.07) is 3.42. The average molecular weight is 281 g/mol. The number of nitrogens with zero attached hydrogens (tertiary/aromatic N) is 2. The average Bonchev–Trinajstić information content (AvgIpc) is 2.81. The van der Waals surface area contributed by atoms with Crippen LogP contribution in [-0.2, 0) is 6.42 Å². The van der Waals surface area contributed by atoms with Gasteiger partial charge >= 0.3 is 5.69 Å². The number of benzene rings is 1. The molecule has 0 spiro atoms. The van der Waals surface area contributed by atoms with E-state index in [9.17, 15) is 19.3 Å². The van der Waals surface area contributed by atoms with Gasteiger partial charge in [-0.3, -0.25) is 15.1 Å². The maximum Gasteiger partial charge on any atom is 0.340 e. The summed E-state index contributed by atoms with van der Waals surface area (Å²) >= 11 is 0. The van der Waals surface area contributed by atoms with Gasteiger partial charge in [0.05, 0.1) is 16.7 Å². The zero-order chi connectivity index (χ0) is 14.5. The van der Waals surface area contributed by atoms with Crippen LogP contribution in [0.15, 0.2) is 23.0 Å². The molecular formula is C11H12FN5O3. The number of anilines is 1. The Morgan fingerprint density at radius 2 is 2.25 bits per heavy atom. The second-order valence-electron chi connectivity index (χ2n) is 4.08. The molecule has 2 rings (SSSR count). The fourth-order valence-electron chi connectivity index (χ4n) is 1.66. The predicted octanol–water partition coefficient (Wildman–Crippen LogP) is 1.19. The largest absolute Gasteiger partial charge is 0.383 e. The van der Waals surface area contributed by atoms with Crippen molar-refractivity contribution in [2.24, 2.45) is 0 Å². The van der Waals surface area contributed by atoms with Crippen LogP contribution >= 0.6 is 0 Å². The first-order chi connectivity index (χ1) is 9.56. The fraction of sp³-hybridized carbons (Fsp3) is 0.273. The number of halogens is 1. The highest BCUT2D eigenvalue weighted by atomic mass is 19.1. The van der Waals surface area contributed by atoms with Crippen molar-refractivity contribution in [3.63, 3.8) is 0 Å². The number of hydrogen-bond acceptors (Lipinski definition) is 5. The third-order valence-electron chi connectivity index (χ3n) is 2.62. The molecule has 0 atom stereocenters. The van der Waals surface area contributed by atoms with Crippen LogP contribution in [0.5, 0.6) is 0 Å². The molecule has 0 aliphatic rings. The van der Waals surface area contributed by atoms with E-state index in [1.54, 1.807) is 0 Å². The number of aromatic nitrogens is 3. The number of non-ortho nitro benzene ring substituents is 1. The van der Waals surface area contributed by atoms with Gasteiger partial charge in [-0.25, -0.2) is 14.3 Å². The Kier molecular flexibility index (Phi) is 4.08. The van der Waals surface area contributed by atoms with E-state index in [-0.39, 0.29) is 17.1 Å². The molecule has 0 saturated heterocycles. The van der Waals surface area contributed by atoms with Gasteiger partial charge in [-0.1, -0.05) is 0 Å². The summed E-state index contributed by atoms with van der Waals surface area (Å²) in [5, 5.41) is 19.3. The molecule has 0 unspecified atom stereocenters. The van der Waals surface area contributed by atoms with Crippen molar-refractivity contribution in [3.05, 3.63) is 50.4 Å². The van der Waals surface area contributed by atoms with E-state index in [4.69, 9.17) is 0 Å². The third kappa shape index (κ3) is 3.40.